The molecule has 0 bridgehead atoms. The molecule has 0 saturated heterocycles. The summed E-state index contributed by atoms with van der Waals surface area (Å²) in [5.74, 6) is 0. The monoisotopic (exact) mass is 815 g/mol. The summed E-state index contributed by atoms with van der Waals surface area (Å²) < 4.78 is 2.41. The second-order valence-electron chi connectivity index (χ2n) is 16.8. The number of hydrogen-bond donors (Lipinski definition) is 0. The minimum absolute atomic E-state index is 0.613. The molecule has 0 amide bonds. The van der Waals surface area contributed by atoms with E-state index in [1.54, 1.807) is 0 Å². The van der Waals surface area contributed by atoms with Gasteiger partial charge in [0.15, 0.2) is 0 Å². The highest BCUT2D eigenvalue weighted by Gasteiger charge is 2.53. The Morgan fingerprint density at radius 3 is 1.45 bits per heavy atom. The van der Waals surface area contributed by atoms with E-state index in [1.807, 2.05) is 0 Å². The topological polar surface area (TPSA) is 11.4 Å². The SMILES string of the molecule is c1ccc(N(c2ccc3c(c2)C2(c4ccccc4-3)c3ccccc3-c3cccc(N(c4ccccc4)c4ccccc4)c32)c2ccc3c4ccccc4n(-c4ccccc4)c3c2)cc1. The summed E-state index contributed by atoms with van der Waals surface area (Å²) in [7, 11) is 0. The zero-order chi connectivity index (χ0) is 42.2. The fourth-order valence-corrected chi connectivity index (χ4v) is 11.0. The van der Waals surface area contributed by atoms with Crippen LogP contribution >= 0.6 is 0 Å². The largest absolute Gasteiger partial charge is 0.310 e. The molecular weight excluding hydrogens is 775 g/mol. The van der Waals surface area contributed by atoms with Gasteiger partial charge in [0.05, 0.1) is 22.1 Å². The first-order chi connectivity index (χ1) is 31.8. The number of aromatic nitrogens is 1. The summed E-state index contributed by atoms with van der Waals surface area (Å²) >= 11 is 0. The van der Waals surface area contributed by atoms with Crippen molar-refractivity contribution in [3.05, 3.63) is 271 Å². The average molecular weight is 816 g/mol. The van der Waals surface area contributed by atoms with Crippen LogP contribution in [-0.4, -0.2) is 4.57 Å². The van der Waals surface area contributed by atoms with Crippen LogP contribution in [0.5, 0.6) is 0 Å². The maximum atomic E-state index is 2.50. The van der Waals surface area contributed by atoms with Crippen LogP contribution in [0.1, 0.15) is 22.3 Å². The first kappa shape index (κ1) is 36.3. The Balaban J connectivity index is 1.09. The summed E-state index contributed by atoms with van der Waals surface area (Å²) in [6.07, 6.45) is 0. The predicted molar refractivity (Wildman–Crippen MR) is 266 cm³/mol. The van der Waals surface area contributed by atoms with Crippen molar-refractivity contribution >= 4 is 55.9 Å². The van der Waals surface area contributed by atoms with Crippen molar-refractivity contribution in [3.8, 4) is 27.9 Å². The summed E-state index contributed by atoms with van der Waals surface area (Å²) in [4.78, 5) is 4.89. The van der Waals surface area contributed by atoms with E-state index in [9.17, 15) is 0 Å². The second kappa shape index (κ2) is 14.3. The van der Waals surface area contributed by atoms with Gasteiger partial charge in [0.2, 0.25) is 0 Å². The Morgan fingerprint density at radius 1 is 0.297 bits per heavy atom. The number of hydrogen-bond acceptors (Lipinski definition) is 2. The van der Waals surface area contributed by atoms with Gasteiger partial charge in [-0.3, -0.25) is 0 Å². The van der Waals surface area contributed by atoms with Gasteiger partial charge in [-0.15, -0.1) is 0 Å². The zero-order valence-corrected chi connectivity index (χ0v) is 35.0. The molecule has 11 aromatic rings. The van der Waals surface area contributed by atoms with Crippen LogP contribution in [0.15, 0.2) is 249 Å². The molecule has 0 radical (unpaired) electrons. The van der Waals surface area contributed by atoms with E-state index < -0.39 is 5.41 Å². The van der Waals surface area contributed by atoms with Gasteiger partial charge in [-0.2, -0.15) is 0 Å². The summed E-state index contributed by atoms with van der Waals surface area (Å²) in [6, 6.07) is 91.3. The van der Waals surface area contributed by atoms with Crippen molar-refractivity contribution < 1.29 is 0 Å². The van der Waals surface area contributed by atoms with Crippen LogP contribution < -0.4 is 9.80 Å². The van der Waals surface area contributed by atoms with Crippen molar-refractivity contribution in [1.82, 2.24) is 4.57 Å². The summed E-state index contributed by atoms with van der Waals surface area (Å²) in [5.41, 5.74) is 19.8. The van der Waals surface area contributed by atoms with Gasteiger partial charge >= 0.3 is 0 Å². The highest BCUT2D eigenvalue weighted by molar-refractivity contribution is 6.10. The number of nitrogens with zero attached hydrogens (tertiary/aromatic N) is 3. The second-order valence-corrected chi connectivity index (χ2v) is 16.8. The van der Waals surface area contributed by atoms with E-state index in [-0.39, 0.29) is 0 Å². The van der Waals surface area contributed by atoms with Gasteiger partial charge in [-0.1, -0.05) is 164 Å². The van der Waals surface area contributed by atoms with E-state index in [4.69, 9.17) is 0 Å². The number of rotatable bonds is 7. The van der Waals surface area contributed by atoms with Crippen molar-refractivity contribution in [3.63, 3.8) is 0 Å². The number of anilines is 6. The first-order valence-corrected chi connectivity index (χ1v) is 22.1. The maximum absolute atomic E-state index is 2.50. The molecule has 1 spiro atoms. The minimum atomic E-state index is -0.613. The lowest BCUT2D eigenvalue weighted by atomic mass is 9.69. The van der Waals surface area contributed by atoms with Gasteiger partial charge in [-0.25, -0.2) is 0 Å². The quantitative estimate of drug-likeness (QED) is 0.159. The lowest BCUT2D eigenvalue weighted by Crippen LogP contribution is -2.28. The summed E-state index contributed by atoms with van der Waals surface area (Å²) in [5, 5.41) is 2.47. The third-order valence-corrected chi connectivity index (χ3v) is 13.5. The Hall–Kier alpha value is -8.40. The lowest BCUT2D eigenvalue weighted by Gasteiger charge is -2.36. The third-order valence-electron chi connectivity index (χ3n) is 13.5. The highest BCUT2D eigenvalue weighted by atomic mass is 15.2. The molecule has 1 heterocycles. The third kappa shape index (κ3) is 5.22. The summed E-state index contributed by atoms with van der Waals surface area (Å²) in [6.45, 7) is 0. The van der Waals surface area contributed by atoms with Crippen LogP contribution in [0, 0.1) is 0 Å². The van der Waals surface area contributed by atoms with Crippen LogP contribution in [0.25, 0.3) is 49.7 Å². The lowest BCUT2D eigenvalue weighted by molar-refractivity contribution is 0.793. The van der Waals surface area contributed by atoms with Crippen LogP contribution in [0.3, 0.4) is 0 Å². The molecule has 3 nitrogen and oxygen atoms in total. The Kier molecular flexibility index (Phi) is 8.13. The number of para-hydroxylation sites is 5. The molecule has 64 heavy (non-hydrogen) atoms. The molecule has 3 heteroatoms. The fraction of sp³-hybridized carbons (Fsp3) is 0.0164. The van der Waals surface area contributed by atoms with E-state index in [1.165, 1.54) is 72.0 Å². The minimum Gasteiger partial charge on any atom is -0.310 e. The molecule has 0 aliphatic heterocycles. The Bertz CT molecular complexity index is 3510. The Labute approximate surface area is 373 Å². The van der Waals surface area contributed by atoms with Crippen molar-refractivity contribution in [2.24, 2.45) is 0 Å². The molecule has 1 unspecified atom stereocenters. The van der Waals surface area contributed by atoms with Gasteiger partial charge in [0, 0.05) is 50.5 Å². The Morgan fingerprint density at radius 2 is 0.781 bits per heavy atom. The number of fused-ring (bicyclic) bond motifs is 13. The molecule has 13 rings (SSSR count). The van der Waals surface area contributed by atoms with Crippen molar-refractivity contribution in [1.29, 1.82) is 0 Å². The maximum Gasteiger partial charge on any atom is 0.0746 e. The molecule has 0 fully saturated rings. The standard InChI is InChI=1S/C61H41N3/c1-5-20-42(21-6-1)62(47-37-39-52-51-30-15-18-34-57(51)64(59(52)41-47)45-26-11-4-12-27-45)46-36-38-50-48-28-13-16-32-54(48)61(56(50)40-46)55-33-17-14-29-49(55)53-31-19-35-58(60(53)61)63(43-22-7-2-8-23-43)44-24-9-3-10-25-44/h1-41H. The highest BCUT2D eigenvalue weighted by Crippen LogP contribution is 2.66. The van der Waals surface area contributed by atoms with Crippen LogP contribution in [0.4, 0.5) is 34.1 Å². The molecular formula is C61H41N3. The molecule has 0 saturated carbocycles. The fourth-order valence-electron chi connectivity index (χ4n) is 11.0. The molecule has 2 aliphatic carbocycles. The predicted octanol–water partition coefficient (Wildman–Crippen LogP) is 16.1. The molecule has 1 aromatic heterocycles. The van der Waals surface area contributed by atoms with Gasteiger partial charge < -0.3 is 14.4 Å². The zero-order valence-electron chi connectivity index (χ0n) is 35.0. The van der Waals surface area contributed by atoms with Crippen LogP contribution in [0.2, 0.25) is 0 Å². The smallest absolute Gasteiger partial charge is 0.0746 e. The van der Waals surface area contributed by atoms with Crippen molar-refractivity contribution in [2.75, 3.05) is 9.80 Å². The normalized spacial score (nSPS) is 14.3. The van der Waals surface area contributed by atoms with Gasteiger partial charge in [-0.05, 0) is 124 Å². The first-order valence-electron chi connectivity index (χ1n) is 22.1. The van der Waals surface area contributed by atoms with Crippen molar-refractivity contribution in [2.45, 2.75) is 5.41 Å². The molecule has 1 atom stereocenters. The van der Waals surface area contributed by atoms with E-state index in [2.05, 4.69) is 263 Å². The average Bonchev–Trinajstić information content (AvgIpc) is 3.97. The molecule has 0 N–H and O–H groups in total. The van der Waals surface area contributed by atoms with Gasteiger partial charge in [0.1, 0.15) is 0 Å². The van der Waals surface area contributed by atoms with E-state index in [0.717, 1.165) is 34.1 Å². The van der Waals surface area contributed by atoms with E-state index in [0.29, 0.717) is 0 Å². The van der Waals surface area contributed by atoms with Crippen LogP contribution in [-0.2, 0) is 5.41 Å². The number of benzene rings is 10. The molecule has 300 valence electrons. The molecule has 2 aliphatic rings. The van der Waals surface area contributed by atoms with Gasteiger partial charge in [0.25, 0.3) is 0 Å². The van der Waals surface area contributed by atoms with E-state index >= 15 is 0 Å². The molecule has 10 aromatic carbocycles.